The second kappa shape index (κ2) is 3.49. The molecule has 1 aromatic rings. The lowest BCUT2D eigenvalue weighted by Gasteiger charge is -2.28. The third-order valence-electron chi connectivity index (χ3n) is 3.69. The van der Waals surface area contributed by atoms with Crippen LogP contribution in [-0.4, -0.2) is 6.04 Å². The molecule has 78 valence electrons. The zero-order valence-corrected chi connectivity index (χ0v) is 8.95. The van der Waals surface area contributed by atoms with Gasteiger partial charge in [-0.25, -0.2) is 0 Å². The van der Waals surface area contributed by atoms with E-state index >= 15 is 0 Å². The van der Waals surface area contributed by atoms with Gasteiger partial charge in [-0.3, -0.25) is 0 Å². The molecule has 0 heterocycles. The fraction of sp³-hybridized carbons (Fsp3) is 0.429. The minimum atomic E-state index is 0.423. The first-order chi connectivity index (χ1) is 7.33. The molecule has 3 rings (SSSR count). The van der Waals surface area contributed by atoms with Crippen molar-refractivity contribution in [1.82, 2.24) is 0 Å². The Hall–Kier alpha value is -1.08. The predicted octanol–water partition coefficient (Wildman–Crippen LogP) is 2.76. The number of fused-ring (bicyclic) bond motifs is 1. The monoisotopic (exact) mass is 199 g/mol. The number of rotatable bonds is 1. The Kier molecular flexibility index (Phi) is 2.14. The lowest BCUT2D eigenvalue weighted by Crippen LogP contribution is -2.15. The molecule has 0 aliphatic heterocycles. The molecule has 15 heavy (non-hydrogen) atoms. The summed E-state index contributed by atoms with van der Waals surface area (Å²) in [6.07, 6.45) is 7.23. The van der Waals surface area contributed by atoms with Crippen molar-refractivity contribution in [1.29, 1.82) is 0 Å². The van der Waals surface area contributed by atoms with Gasteiger partial charge in [0.1, 0.15) is 0 Å². The van der Waals surface area contributed by atoms with Crippen LogP contribution in [0.15, 0.2) is 35.9 Å². The Labute approximate surface area is 91.0 Å². The zero-order chi connectivity index (χ0) is 10.3. The van der Waals surface area contributed by atoms with Gasteiger partial charge in [0.25, 0.3) is 0 Å². The van der Waals surface area contributed by atoms with E-state index in [9.17, 15) is 0 Å². The topological polar surface area (TPSA) is 26.0 Å². The van der Waals surface area contributed by atoms with Gasteiger partial charge in [0.15, 0.2) is 0 Å². The van der Waals surface area contributed by atoms with Crippen LogP contribution in [0.1, 0.15) is 36.3 Å². The molecular weight excluding hydrogens is 182 g/mol. The van der Waals surface area contributed by atoms with E-state index in [-0.39, 0.29) is 0 Å². The molecule has 0 radical (unpaired) electrons. The van der Waals surface area contributed by atoms with Crippen LogP contribution in [-0.2, 0) is 6.42 Å². The molecule has 0 spiro atoms. The van der Waals surface area contributed by atoms with Crippen molar-refractivity contribution in [2.75, 3.05) is 0 Å². The summed E-state index contributed by atoms with van der Waals surface area (Å²) in [5.74, 6) is 0.682. The molecule has 2 aliphatic carbocycles. The van der Waals surface area contributed by atoms with Crippen LogP contribution in [0.4, 0.5) is 0 Å². The average molecular weight is 199 g/mol. The first-order valence-corrected chi connectivity index (χ1v) is 5.86. The van der Waals surface area contributed by atoms with E-state index in [4.69, 9.17) is 5.73 Å². The van der Waals surface area contributed by atoms with Gasteiger partial charge < -0.3 is 5.73 Å². The van der Waals surface area contributed by atoms with Gasteiger partial charge in [-0.05, 0) is 36.8 Å². The van der Waals surface area contributed by atoms with E-state index in [1.54, 1.807) is 5.57 Å². The van der Waals surface area contributed by atoms with Crippen LogP contribution in [0.5, 0.6) is 0 Å². The van der Waals surface area contributed by atoms with Gasteiger partial charge in [0.2, 0.25) is 0 Å². The van der Waals surface area contributed by atoms with E-state index in [1.807, 2.05) is 0 Å². The van der Waals surface area contributed by atoms with Gasteiger partial charge in [-0.15, -0.1) is 0 Å². The molecule has 2 N–H and O–H groups in total. The Bertz CT molecular complexity index is 406. The maximum absolute atomic E-state index is 5.91. The van der Waals surface area contributed by atoms with Crippen LogP contribution in [0.2, 0.25) is 0 Å². The highest BCUT2D eigenvalue weighted by molar-refractivity contribution is 5.43. The fourth-order valence-electron chi connectivity index (χ4n) is 2.79. The number of nitrogens with two attached hydrogens (primary N) is 1. The molecular formula is C14H17N. The highest BCUT2D eigenvalue weighted by Crippen LogP contribution is 2.38. The lowest BCUT2D eigenvalue weighted by atomic mass is 9.77. The van der Waals surface area contributed by atoms with Crippen molar-refractivity contribution in [2.45, 2.75) is 37.6 Å². The van der Waals surface area contributed by atoms with Crippen molar-refractivity contribution in [3.05, 3.63) is 47.0 Å². The standard InChI is InChI=1S/C14H17N/c15-13-6-5-10(8-13)7-12-9-11-3-1-2-4-14(11)12/h1-4,7,12-13H,5-6,8-9,15H2/b10-7-. The van der Waals surface area contributed by atoms with Gasteiger partial charge in [0.05, 0.1) is 0 Å². The minimum absolute atomic E-state index is 0.423. The molecule has 0 bridgehead atoms. The van der Waals surface area contributed by atoms with Crippen LogP contribution in [0, 0.1) is 0 Å². The molecule has 2 unspecified atom stereocenters. The van der Waals surface area contributed by atoms with Gasteiger partial charge in [0, 0.05) is 12.0 Å². The predicted molar refractivity (Wildman–Crippen MR) is 62.8 cm³/mol. The third kappa shape index (κ3) is 1.61. The van der Waals surface area contributed by atoms with E-state index < -0.39 is 0 Å². The Balaban J connectivity index is 1.78. The first kappa shape index (κ1) is 9.17. The van der Waals surface area contributed by atoms with E-state index in [1.165, 1.54) is 30.4 Å². The van der Waals surface area contributed by atoms with Crippen LogP contribution in [0.25, 0.3) is 0 Å². The summed E-state index contributed by atoms with van der Waals surface area (Å²) in [4.78, 5) is 0. The van der Waals surface area contributed by atoms with Crippen molar-refractivity contribution in [3.63, 3.8) is 0 Å². The summed E-state index contributed by atoms with van der Waals surface area (Å²) in [6, 6.07) is 9.20. The largest absolute Gasteiger partial charge is 0.327 e. The second-order valence-electron chi connectivity index (χ2n) is 4.84. The third-order valence-corrected chi connectivity index (χ3v) is 3.69. The van der Waals surface area contributed by atoms with E-state index in [2.05, 4.69) is 30.3 Å². The van der Waals surface area contributed by atoms with Crippen molar-refractivity contribution < 1.29 is 0 Å². The summed E-state index contributed by atoms with van der Waals surface area (Å²) < 4.78 is 0. The van der Waals surface area contributed by atoms with Gasteiger partial charge in [-0.2, -0.15) is 0 Å². The fourth-order valence-corrected chi connectivity index (χ4v) is 2.79. The van der Waals surface area contributed by atoms with Crippen LogP contribution >= 0.6 is 0 Å². The maximum Gasteiger partial charge on any atom is 0.00791 e. The van der Waals surface area contributed by atoms with E-state index in [0.29, 0.717) is 12.0 Å². The average Bonchev–Trinajstić information content (AvgIpc) is 2.61. The quantitative estimate of drug-likeness (QED) is 0.691. The molecule has 1 aromatic carbocycles. The van der Waals surface area contributed by atoms with Crippen molar-refractivity contribution in [3.8, 4) is 0 Å². The Morgan fingerprint density at radius 1 is 1.20 bits per heavy atom. The Morgan fingerprint density at radius 2 is 2.07 bits per heavy atom. The first-order valence-electron chi connectivity index (χ1n) is 5.86. The molecule has 0 saturated heterocycles. The normalized spacial score (nSPS) is 31.4. The minimum Gasteiger partial charge on any atom is -0.327 e. The lowest BCUT2D eigenvalue weighted by molar-refractivity contribution is 0.707. The molecule has 2 atom stereocenters. The van der Waals surface area contributed by atoms with Crippen molar-refractivity contribution >= 4 is 0 Å². The summed E-state index contributed by atoms with van der Waals surface area (Å²) in [5, 5.41) is 0. The molecule has 2 aliphatic rings. The summed E-state index contributed by atoms with van der Waals surface area (Å²) in [7, 11) is 0. The van der Waals surface area contributed by atoms with Gasteiger partial charge in [-0.1, -0.05) is 35.9 Å². The number of allylic oxidation sites excluding steroid dienone is 1. The van der Waals surface area contributed by atoms with E-state index in [0.717, 1.165) is 6.42 Å². The number of hydrogen-bond donors (Lipinski definition) is 1. The van der Waals surface area contributed by atoms with Crippen LogP contribution in [0.3, 0.4) is 0 Å². The smallest absolute Gasteiger partial charge is 0.00791 e. The zero-order valence-electron chi connectivity index (χ0n) is 8.95. The Morgan fingerprint density at radius 3 is 2.80 bits per heavy atom. The SMILES string of the molecule is NC1CC/C(=C/C2Cc3ccccc32)C1. The molecule has 1 nitrogen and oxygen atoms in total. The second-order valence-corrected chi connectivity index (χ2v) is 4.84. The highest BCUT2D eigenvalue weighted by Gasteiger charge is 2.25. The highest BCUT2D eigenvalue weighted by atomic mass is 14.6. The van der Waals surface area contributed by atoms with Gasteiger partial charge >= 0.3 is 0 Å². The van der Waals surface area contributed by atoms with Crippen LogP contribution < -0.4 is 5.73 Å². The van der Waals surface area contributed by atoms with Crippen molar-refractivity contribution in [2.24, 2.45) is 5.73 Å². The summed E-state index contributed by atoms with van der Waals surface area (Å²) >= 11 is 0. The summed E-state index contributed by atoms with van der Waals surface area (Å²) in [5.41, 5.74) is 10.6. The molecule has 0 aromatic heterocycles. The number of benzene rings is 1. The maximum atomic E-state index is 5.91. The summed E-state index contributed by atoms with van der Waals surface area (Å²) in [6.45, 7) is 0. The molecule has 0 amide bonds. The molecule has 1 heteroatoms. The molecule has 1 fully saturated rings. The molecule has 1 saturated carbocycles. The number of hydrogen-bond acceptors (Lipinski definition) is 1.